The van der Waals surface area contributed by atoms with Gasteiger partial charge in [-0.05, 0) is 30.4 Å². The molecule has 1 aliphatic carbocycles. The number of hydrogen-bond acceptors (Lipinski definition) is 2. The number of ketones is 1. The zero-order valence-electron chi connectivity index (χ0n) is 11.5. The van der Waals surface area contributed by atoms with Crippen LogP contribution in [0, 0.1) is 5.41 Å². The van der Waals surface area contributed by atoms with Gasteiger partial charge < -0.3 is 4.74 Å². The second-order valence-corrected chi connectivity index (χ2v) is 6.06. The van der Waals surface area contributed by atoms with Crippen molar-refractivity contribution in [3.63, 3.8) is 0 Å². The van der Waals surface area contributed by atoms with E-state index in [0.29, 0.717) is 0 Å². The average Bonchev–Trinajstić information content (AvgIpc) is 2.34. The molecule has 0 aromatic heterocycles. The molecule has 0 radical (unpaired) electrons. The summed E-state index contributed by atoms with van der Waals surface area (Å²) in [5, 5.41) is 0. The molecule has 0 N–H and O–H groups in total. The van der Waals surface area contributed by atoms with Gasteiger partial charge in [0.15, 0.2) is 5.78 Å². The maximum Gasteiger partial charge on any atom is 0.163 e. The van der Waals surface area contributed by atoms with Crippen molar-refractivity contribution in [2.45, 2.75) is 46.1 Å². The number of carbonyl (C=O) groups is 1. The largest absolute Gasteiger partial charge is 0.366 e. The summed E-state index contributed by atoms with van der Waals surface area (Å²) in [4.78, 5) is 11.9. The van der Waals surface area contributed by atoms with Crippen LogP contribution in [0.4, 0.5) is 0 Å². The molecule has 1 aliphatic rings. The smallest absolute Gasteiger partial charge is 0.163 e. The van der Waals surface area contributed by atoms with Crippen LogP contribution in [0.5, 0.6) is 0 Å². The van der Waals surface area contributed by atoms with Gasteiger partial charge in [-0.2, -0.15) is 0 Å². The summed E-state index contributed by atoms with van der Waals surface area (Å²) in [5.41, 5.74) is 2.33. The predicted octanol–water partition coefficient (Wildman–Crippen LogP) is 3.70. The molecular weight excluding hydrogens is 224 g/mol. The number of fused-ring (bicyclic) bond motifs is 1. The van der Waals surface area contributed by atoms with Crippen molar-refractivity contribution >= 4 is 5.78 Å². The van der Waals surface area contributed by atoms with Gasteiger partial charge in [-0.3, -0.25) is 4.79 Å². The first-order valence-corrected chi connectivity index (χ1v) is 6.71. The highest BCUT2D eigenvalue weighted by Crippen LogP contribution is 2.32. The molecular formula is C16H22O2. The number of aryl methyl sites for hydroxylation is 1. The number of rotatable bonds is 3. The van der Waals surface area contributed by atoms with Crippen molar-refractivity contribution in [1.82, 2.24) is 0 Å². The van der Waals surface area contributed by atoms with Gasteiger partial charge in [0.2, 0.25) is 0 Å². The van der Waals surface area contributed by atoms with Crippen molar-refractivity contribution < 1.29 is 9.53 Å². The van der Waals surface area contributed by atoms with E-state index >= 15 is 0 Å². The lowest BCUT2D eigenvalue weighted by atomic mass is 9.89. The number of ether oxygens (including phenoxy) is 1. The molecule has 0 heterocycles. The summed E-state index contributed by atoms with van der Waals surface area (Å²) in [7, 11) is 0. The summed E-state index contributed by atoms with van der Waals surface area (Å²) in [6.45, 7) is 6.04. The molecule has 2 heteroatoms. The Kier molecular flexibility index (Phi) is 3.86. The fourth-order valence-electron chi connectivity index (χ4n) is 2.28. The molecule has 1 aromatic rings. The van der Waals surface area contributed by atoms with Crippen LogP contribution in [0.3, 0.4) is 0 Å². The third-order valence-electron chi connectivity index (χ3n) is 3.57. The molecule has 0 fully saturated rings. The van der Waals surface area contributed by atoms with Crippen LogP contribution in [-0.2, 0) is 16.0 Å². The third-order valence-corrected chi connectivity index (χ3v) is 3.57. The van der Waals surface area contributed by atoms with Crippen LogP contribution in [0.15, 0.2) is 24.3 Å². The molecule has 2 nitrogen and oxygen atoms in total. The Bertz CT molecular complexity index is 429. The Morgan fingerprint density at radius 1 is 1.33 bits per heavy atom. The average molecular weight is 246 g/mol. The first kappa shape index (κ1) is 13.3. The van der Waals surface area contributed by atoms with Gasteiger partial charge in [-0.25, -0.2) is 0 Å². The standard InChI is InChI=1S/C16H22O2/c1-16(2,3)15(17)11-18-14-10-6-8-12-7-4-5-9-13(12)14/h4-5,7,9,14H,6,8,10-11H2,1-3H3. The Morgan fingerprint density at radius 3 is 2.78 bits per heavy atom. The molecule has 2 rings (SSSR count). The molecule has 0 amide bonds. The van der Waals surface area contributed by atoms with Crippen LogP contribution >= 0.6 is 0 Å². The summed E-state index contributed by atoms with van der Waals surface area (Å²) in [5.74, 6) is 0.172. The molecule has 0 spiro atoms. The zero-order chi connectivity index (χ0) is 13.2. The minimum atomic E-state index is -0.311. The quantitative estimate of drug-likeness (QED) is 0.813. The lowest BCUT2D eigenvalue weighted by Gasteiger charge is -2.26. The predicted molar refractivity (Wildman–Crippen MR) is 72.5 cm³/mol. The molecule has 0 aliphatic heterocycles. The van der Waals surface area contributed by atoms with E-state index in [0.717, 1.165) is 19.3 Å². The van der Waals surface area contributed by atoms with Gasteiger partial charge in [0.05, 0.1) is 6.10 Å². The van der Waals surface area contributed by atoms with Gasteiger partial charge in [0.25, 0.3) is 0 Å². The fourth-order valence-corrected chi connectivity index (χ4v) is 2.28. The van der Waals surface area contributed by atoms with E-state index in [-0.39, 0.29) is 23.9 Å². The van der Waals surface area contributed by atoms with E-state index in [9.17, 15) is 4.79 Å². The van der Waals surface area contributed by atoms with Gasteiger partial charge in [-0.1, -0.05) is 45.0 Å². The van der Waals surface area contributed by atoms with Crippen LogP contribution in [0.25, 0.3) is 0 Å². The van der Waals surface area contributed by atoms with Crippen LogP contribution in [0.2, 0.25) is 0 Å². The summed E-state index contributed by atoms with van der Waals surface area (Å²) < 4.78 is 5.85. The van der Waals surface area contributed by atoms with Crippen molar-refractivity contribution in [2.75, 3.05) is 6.61 Å². The summed E-state index contributed by atoms with van der Waals surface area (Å²) in [6.07, 6.45) is 3.39. The van der Waals surface area contributed by atoms with Crippen molar-refractivity contribution in [1.29, 1.82) is 0 Å². The maximum absolute atomic E-state index is 11.9. The molecule has 0 bridgehead atoms. The number of hydrogen-bond donors (Lipinski definition) is 0. The maximum atomic E-state index is 11.9. The Hall–Kier alpha value is -1.15. The number of benzene rings is 1. The summed E-state index contributed by atoms with van der Waals surface area (Å²) >= 11 is 0. The van der Waals surface area contributed by atoms with E-state index in [4.69, 9.17) is 4.74 Å². The second-order valence-electron chi connectivity index (χ2n) is 6.06. The molecule has 0 saturated carbocycles. The Labute approximate surface area is 109 Å². The van der Waals surface area contributed by atoms with Crippen LogP contribution in [-0.4, -0.2) is 12.4 Å². The van der Waals surface area contributed by atoms with Gasteiger partial charge >= 0.3 is 0 Å². The highest BCUT2D eigenvalue weighted by molar-refractivity contribution is 5.84. The van der Waals surface area contributed by atoms with E-state index in [1.165, 1.54) is 11.1 Å². The van der Waals surface area contributed by atoms with E-state index in [2.05, 4.69) is 18.2 Å². The van der Waals surface area contributed by atoms with Crippen molar-refractivity contribution in [3.05, 3.63) is 35.4 Å². The van der Waals surface area contributed by atoms with Crippen LogP contribution in [0.1, 0.15) is 50.8 Å². The zero-order valence-corrected chi connectivity index (χ0v) is 11.5. The van der Waals surface area contributed by atoms with E-state index in [1.807, 2.05) is 26.8 Å². The Balaban J connectivity index is 2.02. The highest BCUT2D eigenvalue weighted by atomic mass is 16.5. The van der Waals surface area contributed by atoms with Gasteiger partial charge in [-0.15, -0.1) is 0 Å². The fraction of sp³-hybridized carbons (Fsp3) is 0.562. The topological polar surface area (TPSA) is 26.3 Å². The van der Waals surface area contributed by atoms with Gasteiger partial charge in [0.1, 0.15) is 6.61 Å². The number of Topliss-reactive ketones (excluding diaryl/α,β-unsaturated/α-hetero) is 1. The lowest BCUT2D eigenvalue weighted by Crippen LogP contribution is -2.26. The van der Waals surface area contributed by atoms with Crippen LogP contribution < -0.4 is 0 Å². The minimum absolute atomic E-state index is 0.0984. The number of carbonyl (C=O) groups excluding carboxylic acids is 1. The van der Waals surface area contributed by atoms with Gasteiger partial charge in [0, 0.05) is 5.41 Å². The second kappa shape index (κ2) is 5.23. The highest BCUT2D eigenvalue weighted by Gasteiger charge is 2.25. The third kappa shape index (κ3) is 2.99. The summed E-state index contributed by atoms with van der Waals surface area (Å²) in [6, 6.07) is 8.41. The molecule has 1 aromatic carbocycles. The lowest BCUT2D eigenvalue weighted by molar-refractivity contribution is -0.133. The van der Waals surface area contributed by atoms with Crippen molar-refractivity contribution in [3.8, 4) is 0 Å². The Morgan fingerprint density at radius 2 is 2.06 bits per heavy atom. The normalized spacial score (nSPS) is 19.4. The molecule has 0 saturated heterocycles. The molecule has 98 valence electrons. The first-order chi connectivity index (χ1) is 8.48. The SMILES string of the molecule is CC(C)(C)C(=O)COC1CCCc2ccccc21. The van der Waals surface area contributed by atoms with E-state index < -0.39 is 0 Å². The molecule has 1 atom stereocenters. The van der Waals surface area contributed by atoms with E-state index in [1.54, 1.807) is 0 Å². The molecule has 18 heavy (non-hydrogen) atoms. The first-order valence-electron chi connectivity index (χ1n) is 6.71. The minimum Gasteiger partial charge on any atom is -0.366 e. The monoisotopic (exact) mass is 246 g/mol. The molecule has 1 unspecified atom stereocenters. The van der Waals surface area contributed by atoms with Crippen molar-refractivity contribution in [2.24, 2.45) is 5.41 Å².